The third-order valence-corrected chi connectivity index (χ3v) is 6.27. The number of anilines is 1. The van der Waals surface area contributed by atoms with Gasteiger partial charge in [-0.3, -0.25) is 9.59 Å². The maximum atomic E-state index is 13.0. The lowest BCUT2D eigenvalue weighted by molar-refractivity contribution is -0.122. The van der Waals surface area contributed by atoms with Crippen molar-refractivity contribution in [2.45, 2.75) is 17.4 Å². The Morgan fingerprint density at radius 2 is 1.79 bits per heavy atom. The van der Waals surface area contributed by atoms with Gasteiger partial charge in [0.2, 0.25) is 15.9 Å². The number of nitriles is 1. The average molecular weight is 395 g/mol. The van der Waals surface area contributed by atoms with Crippen LogP contribution in [0.4, 0.5) is 5.69 Å². The molecule has 8 heteroatoms. The summed E-state index contributed by atoms with van der Waals surface area (Å²) in [6, 6.07) is 14.5. The molecule has 0 radical (unpaired) electrons. The Bertz CT molecular complexity index is 1060. The van der Waals surface area contributed by atoms with E-state index < -0.39 is 27.9 Å². The summed E-state index contributed by atoms with van der Waals surface area (Å²) in [7, 11) is -4.00. The van der Waals surface area contributed by atoms with Crippen molar-refractivity contribution in [3.8, 4) is 6.07 Å². The maximum Gasteiger partial charge on any atom is 0.252 e. The summed E-state index contributed by atoms with van der Waals surface area (Å²) in [6.45, 7) is 3.46. The van der Waals surface area contributed by atoms with Gasteiger partial charge < -0.3 is 0 Å². The molecule has 28 heavy (non-hydrogen) atoms. The highest BCUT2D eigenvalue weighted by Crippen LogP contribution is 2.29. The molecule has 3 rings (SSSR count). The lowest BCUT2D eigenvalue weighted by Gasteiger charge is -2.25. The highest BCUT2D eigenvalue weighted by Gasteiger charge is 2.46. The van der Waals surface area contributed by atoms with Crippen molar-refractivity contribution in [3.05, 3.63) is 72.8 Å². The lowest BCUT2D eigenvalue weighted by Crippen LogP contribution is -2.45. The first-order chi connectivity index (χ1) is 13.4. The van der Waals surface area contributed by atoms with E-state index in [2.05, 4.69) is 6.58 Å². The molecule has 2 aromatic rings. The third kappa shape index (κ3) is 3.45. The van der Waals surface area contributed by atoms with Crippen LogP contribution in [0.1, 0.15) is 12.0 Å². The number of rotatable bonds is 6. The molecular weight excluding hydrogens is 378 g/mol. The van der Waals surface area contributed by atoms with E-state index in [0.717, 1.165) is 9.21 Å². The second-order valence-electron chi connectivity index (χ2n) is 6.12. The van der Waals surface area contributed by atoms with Gasteiger partial charge in [-0.25, -0.2) is 13.3 Å². The first-order valence-electron chi connectivity index (χ1n) is 8.45. The van der Waals surface area contributed by atoms with Crippen LogP contribution in [0.25, 0.3) is 0 Å². The van der Waals surface area contributed by atoms with E-state index in [1.54, 1.807) is 18.2 Å². The Kier molecular flexibility index (Phi) is 5.40. The lowest BCUT2D eigenvalue weighted by atomic mass is 10.2. The molecule has 0 N–H and O–H groups in total. The van der Waals surface area contributed by atoms with Crippen LogP contribution in [0.15, 0.2) is 72.1 Å². The first kappa shape index (κ1) is 19.5. The van der Waals surface area contributed by atoms with E-state index >= 15 is 0 Å². The predicted octanol–water partition coefficient (Wildman–Crippen LogP) is 2.07. The summed E-state index contributed by atoms with van der Waals surface area (Å²) in [4.78, 5) is 26.5. The topological polar surface area (TPSA) is 98.5 Å². The Morgan fingerprint density at radius 3 is 2.36 bits per heavy atom. The number of benzene rings is 2. The van der Waals surface area contributed by atoms with Gasteiger partial charge in [0.25, 0.3) is 5.91 Å². The molecule has 0 bridgehead atoms. The minimum atomic E-state index is -4.00. The normalized spacial score (nSPS) is 17.0. The van der Waals surface area contributed by atoms with Crippen molar-refractivity contribution in [2.24, 2.45) is 0 Å². The summed E-state index contributed by atoms with van der Waals surface area (Å²) in [6.07, 6.45) is 1.11. The molecule has 2 aromatic carbocycles. The number of sulfonamides is 1. The molecule has 1 unspecified atom stereocenters. The van der Waals surface area contributed by atoms with E-state index in [1.165, 1.54) is 42.5 Å². The number of amides is 2. The highest BCUT2D eigenvalue weighted by molar-refractivity contribution is 7.89. The molecule has 0 saturated carbocycles. The smallest absolute Gasteiger partial charge is 0.252 e. The second kappa shape index (κ2) is 7.76. The quantitative estimate of drug-likeness (QED) is 0.551. The van der Waals surface area contributed by atoms with Crippen molar-refractivity contribution in [2.75, 3.05) is 11.4 Å². The predicted molar refractivity (Wildman–Crippen MR) is 103 cm³/mol. The summed E-state index contributed by atoms with van der Waals surface area (Å²) < 4.78 is 27.1. The fourth-order valence-electron chi connectivity index (χ4n) is 3.05. The Hall–Kier alpha value is -3.28. The SMILES string of the molecule is C=CCN(C1CC(=O)N(c2ccc(C#N)cc2)C1=O)S(=O)(=O)c1ccccc1. The zero-order valence-corrected chi connectivity index (χ0v) is 15.7. The van der Waals surface area contributed by atoms with Crippen LogP contribution in [0.5, 0.6) is 0 Å². The molecule has 1 aliphatic heterocycles. The van der Waals surface area contributed by atoms with Crippen LogP contribution in [0, 0.1) is 11.3 Å². The van der Waals surface area contributed by atoms with Crippen molar-refractivity contribution in [1.29, 1.82) is 5.26 Å². The summed E-state index contributed by atoms with van der Waals surface area (Å²) in [5.41, 5.74) is 0.687. The van der Waals surface area contributed by atoms with Gasteiger partial charge in [-0.15, -0.1) is 6.58 Å². The third-order valence-electron chi connectivity index (χ3n) is 4.38. The van der Waals surface area contributed by atoms with E-state index in [4.69, 9.17) is 5.26 Å². The van der Waals surface area contributed by atoms with Gasteiger partial charge in [-0.1, -0.05) is 24.3 Å². The Balaban J connectivity index is 1.97. The molecule has 142 valence electrons. The van der Waals surface area contributed by atoms with Crippen LogP contribution in [0.3, 0.4) is 0 Å². The number of nitrogens with zero attached hydrogens (tertiary/aromatic N) is 3. The monoisotopic (exact) mass is 395 g/mol. The van der Waals surface area contributed by atoms with Crippen LogP contribution in [-0.2, 0) is 19.6 Å². The van der Waals surface area contributed by atoms with Crippen molar-refractivity contribution < 1.29 is 18.0 Å². The Labute approximate surface area is 163 Å². The summed E-state index contributed by atoms with van der Waals surface area (Å²) >= 11 is 0. The fraction of sp³-hybridized carbons (Fsp3) is 0.150. The molecule has 1 saturated heterocycles. The van der Waals surface area contributed by atoms with Crippen molar-refractivity contribution in [3.63, 3.8) is 0 Å². The van der Waals surface area contributed by atoms with Gasteiger partial charge in [0.1, 0.15) is 6.04 Å². The van der Waals surface area contributed by atoms with Crippen LogP contribution in [0.2, 0.25) is 0 Å². The largest absolute Gasteiger partial charge is 0.274 e. The fourth-order valence-corrected chi connectivity index (χ4v) is 4.62. The van der Waals surface area contributed by atoms with Crippen molar-refractivity contribution in [1.82, 2.24) is 4.31 Å². The van der Waals surface area contributed by atoms with E-state index in [0.29, 0.717) is 11.3 Å². The molecule has 1 heterocycles. The van der Waals surface area contributed by atoms with E-state index in [-0.39, 0.29) is 17.9 Å². The average Bonchev–Trinajstić information content (AvgIpc) is 3.00. The van der Waals surface area contributed by atoms with Gasteiger partial charge in [-0.2, -0.15) is 9.57 Å². The molecule has 0 aromatic heterocycles. The number of carbonyl (C=O) groups excluding carboxylic acids is 2. The molecule has 2 amide bonds. The van der Waals surface area contributed by atoms with E-state index in [9.17, 15) is 18.0 Å². The van der Waals surface area contributed by atoms with Crippen LogP contribution < -0.4 is 4.90 Å². The first-order valence-corrected chi connectivity index (χ1v) is 9.89. The number of carbonyl (C=O) groups is 2. The number of hydrogen-bond donors (Lipinski definition) is 0. The maximum absolute atomic E-state index is 13.0. The standard InChI is InChI=1S/C20H17N3O4S/c1-2-12-22(28(26,27)17-6-4-3-5-7-17)18-13-19(24)23(20(18)25)16-10-8-15(14-21)9-11-16/h2-11,18H,1,12-13H2. The van der Waals surface area contributed by atoms with E-state index in [1.807, 2.05) is 6.07 Å². The molecule has 1 fully saturated rings. The molecule has 7 nitrogen and oxygen atoms in total. The zero-order chi connectivity index (χ0) is 20.3. The minimum Gasteiger partial charge on any atom is -0.274 e. The molecule has 0 spiro atoms. The van der Waals surface area contributed by atoms with Crippen LogP contribution >= 0.6 is 0 Å². The second-order valence-corrected chi connectivity index (χ2v) is 8.01. The summed E-state index contributed by atoms with van der Waals surface area (Å²) in [5, 5.41) is 8.89. The van der Waals surface area contributed by atoms with Crippen LogP contribution in [-0.4, -0.2) is 37.1 Å². The minimum absolute atomic E-state index is 0.0360. The highest BCUT2D eigenvalue weighted by atomic mass is 32.2. The van der Waals surface area contributed by atoms with Gasteiger partial charge in [0, 0.05) is 6.54 Å². The summed E-state index contributed by atoms with van der Waals surface area (Å²) in [5.74, 6) is -1.13. The van der Waals surface area contributed by atoms with Gasteiger partial charge in [-0.05, 0) is 36.4 Å². The van der Waals surface area contributed by atoms with Crippen molar-refractivity contribution >= 4 is 27.5 Å². The zero-order valence-electron chi connectivity index (χ0n) is 14.9. The van der Waals surface area contributed by atoms with Gasteiger partial charge in [0.05, 0.1) is 28.6 Å². The molecule has 1 atom stereocenters. The number of hydrogen-bond acceptors (Lipinski definition) is 5. The molecule has 1 aliphatic rings. The molecule has 0 aliphatic carbocycles. The molecular formula is C20H17N3O4S. The Morgan fingerprint density at radius 1 is 1.14 bits per heavy atom. The number of imide groups is 1. The van der Waals surface area contributed by atoms with Gasteiger partial charge in [0.15, 0.2) is 0 Å². The van der Waals surface area contributed by atoms with Gasteiger partial charge >= 0.3 is 0 Å².